The zero-order valence-corrected chi connectivity index (χ0v) is 18.9. The first-order chi connectivity index (χ1) is 17.4. The van der Waals surface area contributed by atoms with Gasteiger partial charge in [-0.2, -0.15) is 31.4 Å². The van der Waals surface area contributed by atoms with E-state index in [9.17, 15) is 35.9 Å². The van der Waals surface area contributed by atoms with Crippen LogP contribution in [0.4, 0.5) is 38.1 Å². The van der Waals surface area contributed by atoms with Gasteiger partial charge in [-0.15, -0.1) is 0 Å². The molecule has 2 N–H and O–H groups in total. The van der Waals surface area contributed by atoms with Crippen LogP contribution in [-0.4, -0.2) is 57.2 Å². The minimum absolute atomic E-state index is 0.0382. The smallest absolute Gasteiger partial charge is 0.365 e. The maximum Gasteiger partial charge on any atom is 0.421 e. The molecule has 0 atom stereocenters. The highest BCUT2D eigenvalue weighted by molar-refractivity contribution is 5.94. The van der Waals surface area contributed by atoms with E-state index in [2.05, 4.69) is 20.4 Å². The lowest BCUT2D eigenvalue weighted by Crippen LogP contribution is -2.49. The Morgan fingerprint density at radius 1 is 0.973 bits per heavy atom. The van der Waals surface area contributed by atoms with Crippen molar-refractivity contribution in [3.8, 4) is 0 Å². The van der Waals surface area contributed by atoms with E-state index in [-0.39, 0.29) is 37.3 Å². The number of anilines is 2. The third kappa shape index (κ3) is 6.16. The van der Waals surface area contributed by atoms with Crippen molar-refractivity contribution >= 4 is 17.7 Å². The summed E-state index contributed by atoms with van der Waals surface area (Å²) in [6, 6.07) is 7.07. The summed E-state index contributed by atoms with van der Waals surface area (Å²) in [5.74, 6) is -0.334. The van der Waals surface area contributed by atoms with Crippen LogP contribution >= 0.6 is 0 Å². The van der Waals surface area contributed by atoms with Crippen LogP contribution in [0.5, 0.6) is 0 Å². The first-order valence-electron chi connectivity index (χ1n) is 10.8. The molecule has 0 unspecified atom stereocenters. The highest BCUT2D eigenvalue weighted by Gasteiger charge is 2.34. The number of H-pyrrole nitrogens is 1. The molecule has 9 nitrogen and oxygen atoms in total. The van der Waals surface area contributed by atoms with E-state index in [4.69, 9.17) is 0 Å². The predicted molar refractivity (Wildman–Crippen MR) is 119 cm³/mol. The van der Waals surface area contributed by atoms with Crippen molar-refractivity contribution in [3.05, 3.63) is 75.3 Å². The van der Waals surface area contributed by atoms with Gasteiger partial charge in [0.25, 0.3) is 11.5 Å². The fourth-order valence-corrected chi connectivity index (χ4v) is 3.64. The quantitative estimate of drug-likeness (QED) is 0.491. The Balaban J connectivity index is 1.36. The molecule has 3 aromatic rings. The number of piperazine rings is 1. The Labute approximate surface area is 205 Å². The Morgan fingerprint density at radius 2 is 1.65 bits per heavy atom. The van der Waals surface area contributed by atoms with Gasteiger partial charge in [-0.3, -0.25) is 9.59 Å². The first-order valence-corrected chi connectivity index (χ1v) is 10.8. The largest absolute Gasteiger partial charge is 0.421 e. The summed E-state index contributed by atoms with van der Waals surface area (Å²) in [6.07, 6.45) is -7.93. The van der Waals surface area contributed by atoms with Crippen molar-refractivity contribution in [1.82, 2.24) is 25.1 Å². The second kappa shape index (κ2) is 10.1. The van der Waals surface area contributed by atoms with E-state index in [1.165, 1.54) is 0 Å². The molecule has 0 aliphatic carbocycles. The fraction of sp³-hybridized carbons (Fsp3) is 0.318. The minimum Gasteiger partial charge on any atom is -0.365 e. The van der Waals surface area contributed by atoms with Gasteiger partial charge in [0.1, 0.15) is 11.4 Å². The normalized spacial score (nSPS) is 14.5. The Kier molecular flexibility index (Phi) is 7.05. The summed E-state index contributed by atoms with van der Waals surface area (Å²) in [4.78, 5) is 35.1. The molecule has 0 spiro atoms. The fourth-order valence-electron chi connectivity index (χ4n) is 3.64. The van der Waals surface area contributed by atoms with Crippen LogP contribution < -0.4 is 15.8 Å². The number of alkyl halides is 6. The highest BCUT2D eigenvalue weighted by atomic mass is 19.4. The molecule has 0 radical (unpaired) electrons. The lowest BCUT2D eigenvalue weighted by atomic mass is 10.1. The summed E-state index contributed by atoms with van der Waals surface area (Å²) < 4.78 is 76.9. The summed E-state index contributed by atoms with van der Waals surface area (Å²) in [7, 11) is 0. The maximum absolute atomic E-state index is 13.0. The summed E-state index contributed by atoms with van der Waals surface area (Å²) in [5, 5.41) is 8.04. The van der Waals surface area contributed by atoms with E-state index >= 15 is 0 Å². The zero-order valence-electron chi connectivity index (χ0n) is 18.9. The molecule has 2 aromatic heterocycles. The molecule has 1 fully saturated rings. The van der Waals surface area contributed by atoms with E-state index in [1.54, 1.807) is 39.2 Å². The zero-order chi connectivity index (χ0) is 26.8. The molecule has 4 rings (SSSR count). The molecule has 37 heavy (non-hydrogen) atoms. The van der Waals surface area contributed by atoms with Gasteiger partial charge in [-0.05, 0) is 17.7 Å². The highest BCUT2D eigenvalue weighted by Crippen LogP contribution is 2.29. The lowest BCUT2D eigenvalue weighted by Gasteiger charge is -2.34. The second-order valence-electron chi connectivity index (χ2n) is 8.10. The number of rotatable bonds is 5. The average Bonchev–Trinajstić information content (AvgIpc) is 2.87. The van der Waals surface area contributed by atoms with Gasteiger partial charge in [0.05, 0.1) is 5.56 Å². The van der Waals surface area contributed by atoms with Crippen LogP contribution in [0.2, 0.25) is 0 Å². The van der Waals surface area contributed by atoms with Crippen molar-refractivity contribution in [3.63, 3.8) is 0 Å². The van der Waals surface area contributed by atoms with Gasteiger partial charge in [-0.25, -0.2) is 15.1 Å². The number of carbonyl (C=O) groups excluding carboxylic acids is 1. The number of nitrogens with one attached hydrogen (secondary N) is 2. The molecule has 0 bridgehead atoms. The van der Waals surface area contributed by atoms with Crippen molar-refractivity contribution < 1.29 is 31.1 Å². The molecule has 1 amide bonds. The minimum atomic E-state index is -4.83. The third-order valence-electron chi connectivity index (χ3n) is 5.57. The molecule has 196 valence electrons. The van der Waals surface area contributed by atoms with Gasteiger partial charge < -0.3 is 15.1 Å². The number of hydrogen-bond acceptors (Lipinski definition) is 7. The Hall–Kier alpha value is -4.17. The van der Waals surface area contributed by atoms with E-state index in [1.807, 2.05) is 0 Å². The molecule has 1 aromatic carbocycles. The van der Waals surface area contributed by atoms with Gasteiger partial charge >= 0.3 is 12.4 Å². The monoisotopic (exact) mass is 527 g/mol. The molecule has 3 heterocycles. The predicted octanol–water partition coefficient (Wildman–Crippen LogP) is 3.17. The van der Waals surface area contributed by atoms with Crippen LogP contribution in [0.25, 0.3) is 0 Å². The number of aromatic amines is 1. The van der Waals surface area contributed by atoms with Crippen molar-refractivity contribution in [2.24, 2.45) is 0 Å². The van der Waals surface area contributed by atoms with Gasteiger partial charge in [-0.1, -0.05) is 12.1 Å². The Morgan fingerprint density at radius 3 is 2.27 bits per heavy atom. The van der Waals surface area contributed by atoms with Crippen LogP contribution in [-0.2, 0) is 18.9 Å². The summed E-state index contributed by atoms with van der Waals surface area (Å²) in [6.45, 7) is 1.24. The van der Waals surface area contributed by atoms with Crippen LogP contribution in [0.15, 0.2) is 47.5 Å². The summed E-state index contributed by atoms with van der Waals surface area (Å²) >= 11 is 0. The molecule has 1 saturated heterocycles. The van der Waals surface area contributed by atoms with E-state index in [0.717, 1.165) is 0 Å². The van der Waals surface area contributed by atoms with Crippen LogP contribution in [0, 0.1) is 0 Å². The third-order valence-corrected chi connectivity index (χ3v) is 5.57. The van der Waals surface area contributed by atoms with E-state index < -0.39 is 29.0 Å². The van der Waals surface area contributed by atoms with Crippen LogP contribution in [0.1, 0.15) is 27.0 Å². The molecule has 1 aliphatic heterocycles. The number of amides is 1. The van der Waals surface area contributed by atoms with E-state index in [0.29, 0.717) is 42.7 Å². The molecular formula is C22H19F6N7O2. The number of benzene rings is 1. The van der Waals surface area contributed by atoms with Gasteiger partial charge in [0, 0.05) is 56.7 Å². The summed E-state index contributed by atoms with van der Waals surface area (Å²) in [5.41, 5.74) is -2.74. The number of hydrogen-bond donors (Lipinski definition) is 2. The topological polar surface area (TPSA) is 107 Å². The van der Waals surface area contributed by atoms with Crippen molar-refractivity contribution in [2.75, 3.05) is 36.4 Å². The standard InChI is InChI=1S/C22H19F6N7O2/c23-21(24,25)15-11-30-20(31-12-15)35-6-4-34(5-7-35)19(37)14-3-1-2-13(8-14)10-29-17-9-16(22(26,27)28)18(36)33-32-17/h1-3,8-9,11-12H,4-7,10H2,(H,29,32)(H,33,36). The SMILES string of the molecule is O=C(c1cccc(CNc2cc(C(F)(F)F)c(=O)[nH]n2)c1)N1CCN(c2ncc(C(F)(F)F)cn2)CC1. The molecule has 0 saturated carbocycles. The maximum atomic E-state index is 13.0. The van der Waals surface area contributed by atoms with Crippen molar-refractivity contribution in [2.45, 2.75) is 18.9 Å². The number of halogens is 6. The first kappa shape index (κ1) is 25.9. The Bertz CT molecular complexity index is 1320. The second-order valence-corrected chi connectivity index (χ2v) is 8.10. The number of aromatic nitrogens is 4. The van der Waals surface area contributed by atoms with Crippen molar-refractivity contribution in [1.29, 1.82) is 0 Å². The van der Waals surface area contributed by atoms with Gasteiger partial charge in [0.2, 0.25) is 5.95 Å². The van der Waals surface area contributed by atoms with Crippen LogP contribution in [0.3, 0.4) is 0 Å². The lowest BCUT2D eigenvalue weighted by molar-refractivity contribution is -0.139. The number of carbonyl (C=O) groups is 1. The average molecular weight is 527 g/mol. The molecule has 1 aliphatic rings. The molecular weight excluding hydrogens is 508 g/mol. The molecule has 15 heteroatoms. The number of nitrogens with zero attached hydrogens (tertiary/aromatic N) is 5. The van der Waals surface area contributed by atoms with Gasteiger partial charge in [0.15, 0.2) is 0 Å².